The third-order valence-electron chi connectivity index (χ3n) is 3.82. The summed E-state index contributed by atoms with van der Waals surface area (Å²) in [6, 6.07) is 7.30. The molecule has 24 heavy (non-hydrogen) atoms. The largest absolute Gasteiger partial charge is 0.317 e. The van der Waals surface area contributed by atoms with Gasteiger partial charge in [-0.3, -0.25) is 9.69 Å². The number of halogens is 2. The van der Waals surface area contributed by atoms with E-state index in [2.05, 4.69) is 5.32 Å². The number of nitrogens with zero attached hydrogens (tertiary/aromatic N) is 2. The Bertz CT molecular complexity index is 769. The molecule has 0 unspecified atom stereocenters. The van der Waals surface area contributed by atoms with Crippen LogP contribution in [-0.4, -0.2) is 24.4 Å². The maximum atomic E-state index is 13.3. The van der Waals surface area contributed by atoms with Gasteiger partial charge in [-0.2, -0.15) is 5.26 Å². The summed E-state index contributed by atoms with van der Waals surface area (Å²) in [5, 5.41) is 13.9. The number of thiophene rings is 1. The highest BCUT2D eigenvalue weighted by atomic mass is 32.1. The highest BCUT2D eigenvalue weighted by Crippen LogP contribution is 2.23. The van der Waals surface area contributed by atoms with Crippen LogP contribution in [-0.2, 0) is 4.79 Å². The predicted octanol–water partition coefficient (Wildman–Crippen LogP) is 3.92. The Hall–Kier alpha value is -2.30. The number of rotatable bonds is 6. The van der Waals surface area contributed by atoms with Crippen molar-refractivity contribution >= 4 is 22.2 Å². The molecule has 0 aliphatic carbocycles. The fourth-order valence-electron chi connectivity index (χ4n) is 2.18. The molecule has 2 rings (SSSR count). The second-order valence-electron chi connectivity index (χ2n) is 5.40. The molecule has 7 heteroatoms. The lowest BCUT2D eigenvalue weighted by Crippen LogP contribution is -2.27. The molecule has 0 aliphatic rings. The van der Waals surface area contributed by atoms with E-state index < -0.39 is 11.6 Å². The molecule has 0 radical (unpaired) electrons. The van der Waals surface area contributed by atoms with Crippen molar-refractivity contribution < 1.29 is 13.6 Å². The topological polar surface area (TPSA) is 56.1 Å². The average molecular weight is 349 g/mol. The summed E-state index contributed by atoms with van der Waals surface area (Å²) in [4.78, 5) is 13.9. The molecule has 4 nitrogen and oxygen atoms in total. The normalized spacial score (nSPS) is 12.0. The van der Waals surface area contributed by atoms with Gasteiger partial charge in [0.1, 0.15) is 11.1 Å². The Kier molecular flexibility index (Phi) is 6.01. The van der Waals surface area contributed by atoms with E-state index in [-0.39, 0.29) is 18.4 Å². The fourth-order valence-corrected chi connectivity index (χ4v) is 2.94. The molecule has 0 aliphatic heterocycles. The van der Waals surface area contributed by atoms with E-state index in [4.69, 9.17) is 5.26 Å². The van der Waals surface area contributed by atoms with Gasteiger partial charge in [0, 0.05) is 19.0 Å². The second kappa shape index (κ2) is 7.99. The fraction of sp³-hybridized carbons (Fsp3) is 0.294. The summed E-state index contributed by atoms with van der Waals surface area (Å²) in [6.45, 7) is 2.30. The summed E-state index contributed by atoms with van der Waals surface area (Å²) in [7, 11) is 1.81. The first kappa shape index (κ1) is 18.0. The number of hydrogen-bond donors (Lipinski definition) is 1. The quantitative estimate of drug-likeness (QED) is 0.860. The van der Waals surface area contributed by atoms with Crippen LogP contribution in [0.5, 0.6) is 0 Å². The van der Waals surface area contributed by atoms with Crippen molar-refractivity contribution in [2.75, 3.05) is 18.9 Å². The van der Waals surface area contributed by atoms with Crippen molar-refractivity contribution in [3.8, 4) is 6.07 Å². The summed E-state index contributed by atoms with van der Waals surface area (Å²) < 4.78 is 26.3. The van der Waals surface area contributed by atoms with Crippen LogP contribution in [0.3, 0.4) is 0 Å². The first-order valence-electron chi connectivity index (χ1n) is 7.35. The number of hydrogen-bond acceptors (Lipinski definition) is 4. The Morgan fingerprint density at radius 3 is 2.79 bits per heavy atom. The first-order valence-corrected chi connectivity index (χ1v) is 8.23. The molecule has 126 valence electrons. The Labute approximate surface area is 143 Å². The van der Waals surface area contributed by atoms with E-state index in [1.54, 1.807) is 11.4 Å². The van der Waals surface area contributed by atoms with Gasteiger partial charge in [0.25, 0.3) is 0 Å². The third kappa shape index (κ3) is 4.37. The smallest absolute Gasteiger partial charge is 0.226 e. The minimum Gasteiger partial charge on any atom is -0.317 e. The van der Waals surface area contributed by atoms with Gasteiger partial charge >= 0.3 is 0 Å². The zero-order chi connectivity index (χ0) is 17.7. The maximum absolute atomic E-state index is 13.3. The lowest BCUT2D eigenvalue weighted by Gasteiger charge is -2.24. The lowest BCUT2D eigenvalue weighted by atomic mass is 10.1. The van der Waals surface area contributed by atoms with Crippen molar-refractivity contribution in [1.82, 2.24) is 4.90 Å². The van der Waals surface area contributed by atoms with Gasteiger partial charge < -0.3 is 5.32 Å². The standard InChI is InChI=1S/C17H17F2N3OS/c1-11(12-3-4-14(18)15(19)9-12)22(2)7-5-16(23)21-17-13(10-20)6-8-24-17/h3-4,6,8-9,11H,5,7H2,1-2H3,(H,21,23)/t11-/m1/s1. The summed E-state index contributed by atoms with van der Waals surface area (Å²) in [5.41, 5.74) is 1.08. The molecule has 0 saturated heterocycles. The zero-order valence-corrected chi connectivity index (χ0v) is 14.2. The van der Waals surface area contributed by atoms with E-state index in [0.29, 0.717) is 22.7 Å². The van der Waals surface area contributed by atoms with Gasteiger partial charge in [0.2, 0.25) is 5.91 Å². The van der Waals surface area contributed by atoms with Crippen LogP contribution >= 0.6 is 11.3 Å². The van der Waals surface area contributed by atoms with Crippen molar-refractivity contribution in [3.63, 3.8) is 0 Å². The maximum Gasteiger partial charge on any atom is 0.226 e. The van der Waals surface area contributed by atoms with E-state index >= 15 is 0 Å². The molecular formula is C17H17F2N3OS. The third-order valence-corrected chi connectivity index (χ3v) is 4.65. The monoisotopic (exact) mass is 349 g/mol. The summed E-state index contributed by atoms with van der Waals surface area (Å²) in [6.07, 6.45) is 0.229. The van der Waals surface area contributed by atoms with Gasteiger partial charge in [0.15, 0.2) is 11.6 Å². The van der Waals surface area contributed by atoms with Gasteiger partial charge in [-0.15, -0.1) is 11.3 Å². The highest BCUT2D eigenvalue weighted by Gasteiger charge is 2.15. The van der Waals surface area contributed by atoms with Crippen molar-refractivity contribution in [3.05, 3.63) is 52.4 Å². The second-order valence-corrected chi connectivity index (χ2v) is 6.32. The SMILES string of the molecule is C[C@H](c1ccc(F)c(F)c1)N(C)CCC(=O)Nc1sccc1C#N. The number of carbonyl (C=O) groups excluding carboxylic acids is 1. The highest BCUT2D eigenvalue weighted by molar-refractivity contribution is 7.14. The zero-order valence-electron chi connectivity index (χ0n) is 13.3. The molecule has 1 heterocycles. The van der Waals surface area contributed by atoms with Crippen LogP contribution in [0, 0.1) is 23.0 Å². The first-order chi connectivity index (χ1) is 11.4. The van der Waals surface area contributed by atoms with Crippen LogP contribution in [0.15, 0.2) is 29.6 Å². The average Bonchev–Trinajstić information content (AvgIpc) is 3.01. The number of nitrogens with one attached hydrogen (secondary N) is 1. The minimum absolute atomic E-state index is 0.163. The summed E-state index contributed by atoms with van der Waals surface area (Å²) in [5.74, 6) is -1.96. The molecule has 1 aromatic heterocycles. The molecule has 0 spiro atoms. The minimum atomic E-state index is -0.882. The van der Waals surface area contributed by atoms with Crippen molar-refractivity contribution in [2.45, 2.75) is 19.4 Å². The van der Waals surface area contributed by atoms with Gasteiger partial charge in [-0.05, 0) is 43.1 Å². The number of carbonyl (C=O) groups is 1. The molecule has 1 N–H and O–H groups in total. The summed E-state index contributed by atoms with van der Waals surface area (Å²) >= 11 is 1.30. The Morgan fingerprint density at radius 2 is 2.12 bits per heavy atom. The van der Waals surface area contributed by atoms with Gasteiger partial charge in [-0.1, -0.05) is 6.07 Å². The Morgan fingerprint density at radius 1 is 1.38 bits per heavy atom. The van der Waals surface area contributed by atoms with Crippen LogP contribution in [0.1, 0.15) is 30.5 Å². The molecule has 1 atom stereocenters. The van der Waals surface area contributed by atoms with Crippen LogP contribution in [0.4, 0.5) is 13.8 Å². The predicted molar refractivity (Wildman–Crippen MR) is 89.7 cm³/mol. The molecule has 1 amide bonds. The number of benzene rings is 1. The molecule has 2 aromatic rings. The molecule has 0 bridgehead atoms. The lowest BCUT2D eigenvalue weighted by molar-refractivity contribution is -0.116. The van der Waals surface area contributed by atoms with E-state index in [1.807, 2.05) is 24.9 Å². The van der Waals surface area contributed by atoms with E-state index in [0.717, 1.165) is 6.07 Å². The molecular weight excluding hydrogens is 332 g/mol. The number of anilines is 1. The van der Waals surface area contributed by atoms with Crippen LogP contribution in [0.2, 0.25) is 0 Å². The number of nitriles is 1. The Balaban J connectivity index is 1.90. The molecule has 0 saturated carbocycles. The molecule has 0 fully saturated rings. The van der Waals surface area contributed by atoms with E-state index in [1.165, 1.54) is 23.5 Å². The van der Waals surface area contributed by atoms with Gasteiger partial charge in [0.05, 0.1) is 5.56 Å². The van der Waals surface area contributed by atoms with Crippen molar-refractivity contribution in [2.24, 2.45) is 0 Å². The number of amides is 1. The van der Waals surface area contributed by atoms with Gasteiger partial charge in [-0.25, -0.2) is 8.78 Å². The molecule has 1 aromatic carbocycles. The van der Waals surface area contributed by atoms with Crippen molar-refractivity contribution in [1.29, 1.82) is 5.26 Å². The van der Waals surface area contributed by atoms with E-state index in [9.17, 15) is 13.6 Å². The van der Waals surface area contributed by atoms with Crippen LogP contribution in [0.25, 0.3) is 0 Å². The van der Waals surface area contributed by atoms with Crippen LogP contribution < -0.4 is 5.32 Å².